The van der Waals surface area contributed by atoms with Crippen LogP contribution in [0.2, 0.25) is 0 Å². The van der Waals surface area contributed by atoms with Crippen molar-refractivity contribution in [3.05, 3.63) is 35.9 Å². The summed E-state index contributed by atoms with van der Waals surface area (Å²) in [5.74, 6) is 3.33. The quantitative estimate of drug-likeness (QED) is 0.733. The van der Waals surface area contributed by atoms with E-state index in [4.69, 9.17) is 0 Å². The van der Waals surface area contributed by atoms with Gasteiger partial charge in [0.2, 0.25) is 0 Å². The molecule has 0 saturated heterocycles. The maximum absolute atomic E-state index is 3.80. The van der Waals surface area contributed by atoms with Crippen LogP contribution in [0.1, 0.15) is 51.0 Å². The van der Waals surface area contributed by atoms with Gasteiger partial charge in [0.05, 0.1) is 0 Å². The molecule has 0 spiro atoms. The number of hydrogen-bond acceptors (Lipinski definition) is 2. The maximum atomic E-state index is 3.80. The summed E-state index contributed by atoms with van der Waals surface area (Å²) in [6, 6.07) is 11.6. The Morgan fingerprint density at radius 3 is 2.60 bits per heavy atom. The fraction of sp³-hybridized carbons (Fsp3) is 0.667. The van der Waals surface area contributed by atoms with Gasteiger partial charge in [-0.3, -0.25) is 0 Å². The Balaban J connectivity index is 1.77. The van der Waals surface area contributed by atoms with Gasteiger partial charge in [-0.1, -0.05) is 56.5 Å². The molecule has 2 rings (SSSR count). The third kappa shape index (κ3) is 5.49. The number of benzene rings is 1. The number of hydrogen-bond donors (Lipinski definition) is 1. The van der Waals surface area contributed by atoms with Crippen LogP contribution in [0.15, 0.2) is 30.3 Å². The van der Waals surface area contributed by atoms with Gasteiger partial charge in [-0.05, 0) is 37.3 Å². The molecule has 2 heteroatoms. The summed E-state index contributed by atoms with van der Waals surface area (Å²) >= 11 is 2.10. The zero-order valence-electron chi connectivity index (χ0n) is 12.8. The Morgan fingerprint density at radius 2 is 1.90 bits per heavy atom. The fourth-order valence-electron chi connectivity index (χ4n) is 3.11. The van der Waals surface area contributed by atoms with E-state index in [0.717, 1.165) is 17.7 Å². The average molecular weight is 292 g/mol. The van der Waals surface area contributed by atoms with Crippen molar-refractivity contribution in [3.8, 4) is 0 Å². The number of nitrogens with one attached hydrogen (secondary N) is 1. The van der Waals surface area contributed by atoms with E-state index in [0.29, 0.717) is 0 Å². The van der Waals surface area contributed by atoms with Gasteiger partial charge < -0.3 is 5.32 Å². The molecule has 1 aromatic carbocycles. The molecular formula is C18H29NS. The first-order chi connectivity index (χ1) is 9.90. The third-order valence-corrected chi connectivity index (χ3v) is 5.42. The van der Waals surface area contributed by atoms with Crippen molar-refractivity contribution in [3.63, 3.8) is 0 Å². The molecule has 112 valence electrons. The van der Waals surface area contributed by atoms with Crippen LogP contribution in [-0.2, 0) is 5.75 Å². The van der Waals surface area contributed by atoms with Gasteiger partial charge >= 0.3 is 0 Å². The maximum Gasteiger partial charge on any atom is 0.0186 e. The average Bonchev–Trinajstić information content (AvgIpc) is 2.52. The van der Waals surface area contributed by atoms with Crippen molar-refractivity contribution in [2.75, 3.05) is 12.3 Å². The fourth-order valence-corrected chi connectivity index (χ4v) is 4.30. The Labute approximate surface area is 128 Å². The second-order valence-electron chi connectivity index (χ2n) is 5.96. The van der Waals surface area contributed by atoms with E-state index in [1.165, 1.54) is 56.4 Å². The molecule has 1 aliphatic rings. The molecule has 20 heavy (non-hydrogen) atoms. The highest BCUT2D eigenvalue weighted by Gasteiger charge is 2.22. The van der Waals surface area contributed by atoms with Crippen LogP contribution < -0.4 is 5.32 Å². The van der Waals surface area contributed by atoms with Crippen LogP contribution >= 0.6 is 11.8 Å². The van der Waals surface area contributed by atoms with E-state index in [-0.39, 0.29) is 0 Å². The lowest BCUT2D eigenvalue weighted by Crippen LogP contribution is -2.39. The molecule has 0 radical (unpaired) electrons. The van der Waals surface area contributed by atoms with E-state index < -0.39 is 0 Å². The molecule has 1 saturated carbocycles. The van der Waals surface area contributed by atoms with Crippen molar-refractivity contribution in [2.45, 2.75) is 57.2 Å². The van der Waals surface area contributed by atoms with Crippen molar-refractivity contribution in [1.82, 2.24) is 5.32 Å². The van der Waals surface area contributed by atoms with Crippen molar-refractivity contribution in [1.29, 1.82) is 0 Å². The van der Waals surface area contributed by atoms with Crippen LogP contribution in [-0.4, -0.2) is 18.3 Å². The van der Waals surface area contributed by atoms with Crippen molar-refractivity contribution < 1.29 is 0 Å². The Morgan fingerprint density at radius 1 is 1.15 bits per heavy atom. The minimum atomic E-state index is 0.726. The predicted octanol–water partition coefficient (Wildman–Crippen LogP) is 4.87. The number of thioether (sulfide) groups is 1. The molecule has 1 unspecified atom stereocenters. The van der Waals surface area contributed by atoms with Crippen molar-refractivity contribution >= 4 is 11.8 Å². The molecule has 1 aliphatic carbocycles. The van der Waals surface area contributed by atoms with E-state index in [1.807, 2.05) is 0 Å². The summed E-state index contributed by atoms with van der Waals surface area (Å²) in [6.45, 7) is 3.44. The van der Waals surface area contributed by atoms with E-state index >= 15 is 0 Å². The molecule has 1 atom stereocenters. The van der Waals surface area contributed by atoms with E-state index in [2.05, 4.69) is 54.3 Å². The van der Waals surface area contributed by atoms with Crippen LogP contribution in [0, 0.1) is 5.92 Å². The van der Waals surface area contributed by atoms with Crippen LogP contribution in [0.5, 0.6) is 0 Å². The molecule has 0 heterocycles. The first kappa shape index (κ1) is 15.9. The van der Waals surface area contributed by atoms with Crippen molar-refractivity contribution in [2.24, 2.45) is 5.92 Å². The predicted molar refractivity (Wildman–Crippen MR) is 91.3 cm³/mol. The summed E-state index contributed by atoms with van der Waals surface area (Å²) in [5, 5.41) is 3.80. The molecule has 0 aromatic heterocycles. The molecule has 0 amide bonds. The summed E-state index contributed by atoms with van der Waals surface area (Å²) < 4.78 is 0. The Kier molecular flexibility index (Phi) is 7.53. The summed E-state index contributed by atoms with van der Waals surface area (Å²) in [7, 11) is 0. The van der Waals surface area contributed by atoms with Gasteiger partial charge in [0.1, 0.15) is 0 Å². The first-order valence-electron chi connectivity index (χ1n) is 8.25. The minimum absolute atomic E-state index is 0.726. The van der Waals surface area contributed by atoms with Crippen LogP contribution in [0.25, 0.3) is 0 Å². The molecular weight excluding hydrogens is 262 g/mol. The highest BCUT2D eigenvalue weighted by Crippen LogP contribution is 2.28. The van der Waals surface area contributed by atoms with Gasteiger partial charge in [0.15, 0.2) is 0 Å². The normalized spacial score (nSPS) is 18.1. The second kappa shape index (κ2) is 9.46. The highest BCUT2D eigenvalue weighted by molar-refractivity contribution is 7.98. The highest BCUT2D eigenvalue weighted by atomic mass is 32.2. The van der Waals surface area contributed by atoms with E-state index in [1.54, 1.807) is 0 Å². The van der Waals surface area contributed by atoms with Gasteiger partial charge in [-0.2, -0.15) is 11.8 Å². The molecule has 0 bridgehead atoms. The minimum Gasteiger partial charge on any atom is -0.313 e. The Bertz CT molecular complexity index is 346. The monoisotopic (exact) mass is 291 g/mol. The topological polar surface area (TPSA) is 12.0 Å². The standard InChI is InChI=1S/C18H29NS/c1-2-13-19-18(17-11-7-4-8-12-17)15-20-14-16-9-5-3-6-10-16/h3,5-6,9-10,17-19H,2,4,7-8,11-15H2,1H3. The van der Waals surface area contributed by atoms with Crippen LogP contribution in [0.3, 0.4) is 0 Å². The van der Waals surface area contributed by atoms with Gasteiger partial charge in [-0.15, -0.1) is 0 Å². The lowest BCUT2D eigenvalue weighted by molar-refractivity contribution is 0.285. The van der Waals surface area contributed by atoms with E-state index in [9.17, 15) is 0 Å². The zero-order valence-corrected chi connectivity index (χ0v) is 13.6. The largest absolute Gasteiger partial charge is 0.313 e. The lowest BCUT2D eigenvalue weighted by Gasteiger charge is -2.31. The van der Waals surface area contributed by atoms with Gasteiger partial charge in [0, 0.05) is 17.5 Å². The van der Waals surface area contributed by atoms with Gasteiger partial charge in [-0.25, -0.2) is 0 Å². The SMILES string of the molecule is CCCNC(CSCc1ccccc1)C1CCCCC1. The lowest BCUT2D eigenvalue weighted by atomic mass is 9.84. The molecule has 1 nitrogen and oxygen atoms in total. The van der Waals surface area contributed by atoms with Gasteiger partial charge in [0.25, 0.3) is 0 Å². The molecule has 1 aromatic rings. The van der Waals surface area contributed by atoms with Crippen LogP contribution in [0.4, 0.5) is 0 Å². The molecule has 1 fully saturated rings. The first-order valence-corrected chi connectivity index (χ1v) is 9.40. The summed E-state index contributed by atoms with van der Waals surface area (Å²) in [6.07, 6.45) is 8.46. The third-order valence-electron chi connectivity index (χ3n) is 4.28. The zero-order chi connectivity index (χ0) is 14.0. The molecule has 0 aliphatic heterocycles. The summed E-state index contributed by atoms with van der Waals surface area (Å²) in [5.41, 5.74) is 1.45. The second-order valence-corrected chi connectivity index (χ2v) is 6.99. The molecule has 1 N–H and O–H groups in total. The smallest absolute Gasteiger partial charge is 0.0186 e. The summed E-state index contributed by atoms with van der Waals surface area (Å²) in [4.78, 5) is 0. The number of rotatable bonds is 8. The Hall–Kier alpha value is -0.470.